The predicted molar refractivity (Wildman–Crippen MR) is 183 cm³/mol. The fraction of sp³-hybridized carbons (Fsp3) is 0.306. The zero-order valence-corrected chi connectivity index (χ0v) is 27.6. The first-order chi connectivity index (χ1) is 21.5. The number of carbonyl (C=O) groups is 3. The number of hydrogen-bond acceptors (Lipinski definition) is 3. The van der Waals surface area contributed by atoms with Gasteiger partial charge in [-0.2, -0.15) is 0 Å². The molecule has 0 aliphatic heterocycles. The minimum absolute atomic E-state index is 0.0426. The molecule has 1 aliphatic carbocycles. The number of amides is 2. The Morgan fingerprint density at radius 2 is 1.44 bits per heavy atom. The smallest absolute Gasteiger partial charge is 0.228 e. The summed E-state index contributed by atoms with van der Waals surface area (Å²) in [6.45, 7) is 1.54. The minimum atomic E-state index is -0.389. The number of primary amides is 2. The Labute approximate surface area is 279 Å². The number of aromatic nitrogens is 1. The van der Waals surface area contributed by atoms with Crippen LogP contribution >= 0.6 is 34.8 Å². The van der Waals surface area contributed by atoms with Crippen LogP contribution in [-0.4, -0.2) is 22.2 Å². The van der Waals surface area contributed by atoms with Crippen molar-refractivity contribution in [3.8, 4) is 16.9 Å². The van der Waals surface area contributed by atoms with Crippen LogP contribution in [-0.2, 0) is 21.4 Å². The van der Waals surface area contributed by atoms with Gasteiger partial charge in [-0.05, 0) is 93.1 Å². The first kappa shape index (κ1) is 34.3. The summed E-state index contributed by atoms with van der Waals surface area (Å²) in [7, 11) is 0. The fourth-order valence-corrected chi connectivity index (χ4v) is 6.70. The molecule has 0 bridgehead atoms. The number of rotatable bonds is 10. The molecule has 4 N–H and O–H groups in total. The van der Waals surface area contributed by atoms with Crippen LogP contribution in [0.2, 0.25) is 15.1 Å². The van der Waals surface area contributed by atoms with Gasteiger partial charge in [-0.25, -0.2) is 0 Å². The number of carbonyl (C=O) groups excluding carboxylic acids is 3. The lowest BCUT2D eigenvalue weighted by atomic mass is 9.69. The summed E-state index contributed by atoms with van der Waals surface area (Å²) < 4.78 is 2.02. The predicted octanol–water partition coefficient (Wildman–Crippen LogP) is 8.88. The zero-order chi connectivity index (χ0) is 32.6. The van der Waals surface area contributed by atoms with Crippen molar-refractivity contribution >= 4 is 52.4 Å². The van der Waals surface area contributed by atoms with E-state index in [0.29, 0.717) is 46.3 Å². The number of nitrogens with two attached hydrogens (primary N) is 2. The largest absolute Gasteiger partial charge is 0.370 e. The molecule has 0 spiro atoms. The number of ketones is 1. The highest BCUT2D eigenvalue weighted by atomic mass is 35.5. The maximum atomic E-state index is 12.5. The molecule has 1 heterocycles. The van der Waals surface area contributed by atoms with Crippen molar-refractivity contribution in [3.63, 3.8) is 0 Å². The summed E-state index contributed by atoms with van der Waals surface area (Å²) in [5, 5.41) is 1.64. The highest BCUT2D eigenvalue weighted by molar-refractivity contribution is 6.36. The Kier molecular flexibility index (Phi) is 11.9. The Balaban J connectivity index is 0.000000256. The maximum absolute atomic E-state index is 12.5. The summed E-state index contributed by atoms with van der Waals surface area (Å²) in [5.41, 5.74) is 15.4. The molecule has 5 rings (SSSR count). The standard InChI is InChI=1S/C23H21Cl3N2O2.C13H17NO/c1-14(29)19-13-22(18-11-8-16(25)12-20(18)26)28(17-9-6-15(24)7-10-17)21(19)4-2-3-5-23(27)30;14-12(15)13(9-5-2-6-10-13)11-7-3-1-4-8-11/h6-13H,2-5H2,1H3,(H2,27,30);1,3-4,7-8H,2,5-6,9-10H2,(H2,14,15). The first-order valence-corrected chi connectivity index (χ1v) is 16.3. The summed E-state index contributed by atoms with van der Waals surface area (Å²) >= 11 is 18.7. The molecular weight excluding hydrogens is 629 g/mol. The molecule has 0 atom stereocenters. The number of Topliss-reactive ketones (excluding diaryl/α,β-unsaturated/α-hetero) is 1. The average molecular weight is 667 g/mol. The summed E-state index contributed by atoms with van der Waals surface area (Å²) in [5.74, 6) is -0.532. The molecule has 1 aliphatic rings. The van der Waals surface area contributed by atoms with Crippen molar-refractivity contribution < 1.29 is 14.4 Å². The van der Waals surface area contributed by atoms with Gasteiger partial charge in [0.15, 0.2) is 5.78 Å². The van der Waals surface area contributed by atoms with Crippen molar-refractivity contribution in [3.05, 3.63) is 111 Å². The van der Waals surface area contributed by atoms with E-state index in [0.717, 1.165) is 53.9 Å². The Morgan fingerprint density at radius 1 is 0.800 bits per heavy atom. The molecule has 236 valence electrons. The number of hydrogen-bond donors (Lipinski definition) is 2. The Morgan fingerprint density at radius 3 is 2.02 bits per heavy atom. The minimum Gasteiger partial charge on any atom is -0.370 e. The lowest BCUT2D eigenvalue weighted by molar-refractivity contribution is -0.124. The van der Waals surface area contributed by atoms with E-state index in [-0.39, 0.29) is 23.0 Å². The van der Waals surface area contributed by atoms with Crippen molar-refractivity contribution in [2.24, 2.45) is 11.5 Å². The van der Waals surface area contributed by atoms with Crippen LogP contribution in [0.3, 0.4) is 0 Å². The number of halogens is 3. The number of benzene rings is 3. The molecule has 45 heavy (non-hydrogen) atoms. The number of unbranched alkanes of at least 4 members (excludes halogenated alkanes) is 1. The van der Waals surface area contributed by atoms with E-state index in [9.17, 15) is 14.4 Å². The van der Waals surface area contributed by atoms with E-state index in [4.69, 9.17) is 46.3 Å². The van der Waals surface area contributed by atoms with Gasteiger partial charge in [0.05, 0.1) is 16.1 Å². The third kappa shape index (κ3) is 8.37. The van der Waals surface area contributed by atoms with Gasteiger partial charge in [-0.15, -0.1) is 0 Å². The van der Waals surface area contributed by atoms with E-state index in [1.807, 2.05) is 59.2 Å². The van der Waals surface area contributed by atoms with Gasteiger partial charge in [-0.1, -0.05) is 84.4 Å². The molecule has 2 amide bonds. The second-order valence-electron chi connectivity index (χ2n) is 11.4. The van der Waals surface area contributed by atoms with Gasteiger partial charge < -0.3 is 16.0 Å². The highest BCUT2D eigenvalue weighted by Gasteiger charge is 2.39. The summed E-state index contributed by atoms with van der Waals surface area (Å²) in [4.78, 5) is 35.2. The van der Waals surface area contributed by atoms with Gasteiger partial charge in [0.2, 0.25) is 11.8 Å². The van der Waals surface area contributed by atoms with Crippen molar-refractivity contribution in [1.82, 2.24) is 4.57 Å². The molecule has 9 heteroatoms. The Bertz CT molecular complexity index is 1640. The molecule has 3 aromatic carbocycles. The quantitative estimate of drug-likeness (QED) is 0.130. The topological polar surface area (TPSA) is 108 Å². The highest BCUT2D eigenvalue weighted by Crippen LogP contribution is 2.39. The van der Waals surface area contributed by atoms with E-state index in [1.165, 1.54) is 6.42 Å². The fourth-order valence-electron chi connectivity index (χ4n) is 6.06. The van der Waals surface area contributed by atoms with Crippen LogP contribution in [0, 0.1) is 0 Å². The lowest BCUT2D eigenvalue weighted by Crippen LogP contribution is -2.42. The maximum Gasteiger partial charge on any atom is 0.228 e. The van der Waals surface area contributed by atoms with Crippen LogP contribution in [0.1, 0.15) is 79.9 Å². The lowest BCUT2D eigenvalue weighted by Gasteiger charge is -2.34. The molecule has 1 saturated carbocycles. The molecule has 1 aromatic heterocycles. The first-order valence-electron chi connectivity index (χ1n) is 15.1. The normalized spacial score (nSPS) is 13.9. The van der Waals surface area contributed by atoms with Crippen molar-refractivity contribution in [2.75, 3.05) is 0 Å². The van der Waals surface area contributed by atoms with E-state index < -0.39 is 0 Å². The molecule has 0 radical (unpaired) electrons. The van der Waals surface area contributed by atoms with Crippen LogP contribution in [0.15, 0.2) is 78.9 Å². The van der Waals surface area contributed by atoms with Crippen LogP contribution in [0.25, 0.3) is 16.9 Å². The van der Waals surface area contributed by atoms with Gasteiger partial charge in [0.1, 0.15) is 0 Å². The number of nitrogens with zero attached hydrogens (tertiary/aromatic N) is 1. The third-order valence-electron chi connectivity index (χ3n) is 8.37. The Hall–Kier alpha value is -3.58. The second-order valence-corrected chi connectivity index (χ2v) is 12.7. The summed E-state index contributed by atoms with van der Waals surface area (Å²) in [6, 6.07) is 24.5. The molecule has 6 nitrogen and oxygen atoms in total. The third-order valence-corrected chi connectivity index (χ3v) is 9.17. The van der Waals surface area contributed by atoms with Crippen LogP contribution < -0.4 is 11.5 Å². The van der Waals surface area contributed by atoms with E-state index in [2.05, 4.69) is 0 Å². The second kappa shape index (κ2) is 15.6. The molecular formula is C36H38Cl3N3O3. The van der Waals surface area contributed by atoms with Crippen LogP contribution in [0.4, 0.5) is 0 Å². The molecule has 0 unspecified atom stereocenters. The van der Waals surface area contributed by atoms with Gasteiger partial charge in [-0.3, -0.25) is 14.4 Å². The molecule has 0 saturated heterocycles. The average Bonchev–Trinajstić information content (AvgIpc) is 3.40. The van der Waals surface area contributed by atoms with Crippen molar-refractivity contribution in [1.29, 1.82) is 0 Å². The van der Waals surface area contributed by atoms with Gasteiger partial charge in [0, 0.05) is 39.0 Å². The molecule has 4 aromatic rings. The monoisotopic (exact) mass is 665 g/mol. The van der Waals surface area contributed by atoms with E-state index >= 15 is 0 Å². The van der Waals surface area contributed by atoms with Gasteiger partial charge >= 0.3 is 0 Å². The van der Waals surface area contributed by atoms with Crippen molar-refractivity contribution in [2.45, 2.75) is 70.1 Å². The van der Waals surface area contributed by atoms with E-state index in [1.54, 1.807) is 31.2 Å². The SMILES string of the molecule is CC(=O)c1cc(-c2ccc(Cl)cc2Cl)n(-c2ccc(Cl)cc2)c1CCCCC(N)=O.NC(=O)C1(c2ccccc2)CCCCC1. The van der Waals surface area contributed by atoms with Gasteiger partial charge in [0.25, 0.3) is 0 Å². The molecule has 1 fully saturated rings. The zero-order valence-electron chi connectivity index (χ0n) is 25.3. The van der Waals surface area contributed by atoms with Crippen LogP contribution in [0.5, 0.6) is 0 Å². The summed E-state index contributed by atoms with van der Waals surface area (Å²) in [6.07, 6.45) is 7.54.